The van der Waals surface area contributed by atoms with Gasteiger partial charge in [-0.1, -0.05) is 30.5 Å². The lowest BCUT2D eigenvalue weighted by Gasteiger charge is -2.35. The van der Waals surface area contributed by atoms with Crippen LogP contribution in [0.2, 0.25) is 5.02 Å². The van der Waals surface area contributed by atoms with Crippen LogP contribution in [0.1, 0.15) is 49.3 Å². The van der Waals surface area contributed by atoms with Crippen LogP contribution < -0.4 is 5.32 Å². The second-order valence-electron chi connectivity index (χ2n) is 6.14. The second-order valence-corrected chi connectivity index (χ2v) is 6.58. The molecule has 1 saturated carbocycles. The topological polar surface area (TPSA) is 12.0 Å². The van der Waals surface area contributed by atoms with E-state index in [9.17, 15) is 13.2 Å². The normalized spacial score (nSPS) is 29.4. The first-order valence-corrected chi connectivity index (χ1v) is 7.94. The SMILES string of the molecule is FC(F)(F)C1CCCCC1NC1CCc2cc(Cl)ccc21. The van der Waals surface area contributed by atoms with Crippen LogP contribution in [0.4, 0.5) is 13.2 Å². The Morgan fingerprint density at radius 1 is 1.10 bits per heavy atom. The monoisotopic (exact) mass is 317 g/mol. The number of alkyl halides is 3. The van der Waals surface area contributed by atoms with E-state index in [0.29, 0.717) is 17.9 Å². The van der Waals surface area contributed by atoms with E-state index >= 15 is 0 Å². The van der Waals surface area contributed by atoms with Gasteiger partial charge in [-0.25, -0.2) is 0 Å². The molecule has 0 aromatic heterocycles. The van der Waals surface area contributed by atoms with Crippen LogP contribution in [-0.4, -0.2) is 12.2 Å². The smallest absolute Gasteiger partial charge is 0.307 e. The Kier molecular flexibility index (Phi) is 4.19. The third kappa shape index (κ3) is 3.21. The standard InChI is InChI=1S/C16H19ClF3N/c17-11-6-7-12-10(9-11)5-8-14(12)21-15-4-2-1-3-13(15)16(18,19)20/h6-7,9,13-15,21H,1-5,8H2. The van der Waals surface area contributed by atoms with E-state index in [0.717, 1.165) is 24.8 Å². The molecule has 0 saturated heterocycles. The van der Waals surface area contributed by atoms with E-state index in [-0.39, 0.29) is 12.5 Å². The fourth-order valence-corrected chi connectivity index (χ4v) is 3.93. The molecule has 1 nitrogen and oxygen atoms in total. The van der Waals surface area contributed by atoms with E-state index in [1.807, 2.05) is 18.2 Å². The molecule has 3 unspecified atom stereocenters. The van der Waals surface area contributed by atoms with Crippen molar-refractivity contribution in [3.05, 3.63) is 34.3 Å². The van der Waals surface area contributed by atoms with Crippen LogP contribution in [0.5, 0.6) is 0 Å². The van der Waals surface area contributed by atoms with Crippen molar-refractivity contribution in [3.63, 3.8) is 0 Å². The zero-order chi connectivity index (χ0) is 15.0. The number of aryl methyl sites for hydroxylation is 1. The van der Waals surface area contributed by atoms with Gasteiger partial charge in [0.2, 0.25) is 0 Å². The molecule has 1 aromatic rings. The van der Waals surface area contributed by atoms with Gasteiger partial charge in [0.1, 0.15) is 0 Å². The highest BCUT2D eigenvalue weighted by Gasteiger charge is 2.46. The van der Waals surface area contributed by atoms with Crippen molar-refractivity contribution in [3.8, 4) is 0 Å². The predicted molar refractivity (Wildman–Crippen MR) is 77.5 cm³/mol. The average Bonchev–Trinajstić information content (AvgIpc) is 2.80. The molecule has 1 N–H and O–H groups in total. The third-order valence-corrected chi connectivity index (χ3v) is 5.02. The molecule has 0 heterocycles. The van der Waals surface area contributed by atoms with Crippen molar-refractivity contribution in [2.24, 2.45) is 5.92 Å². The third-order valence-electron chi connectivity index (χ3n) is 4.78. The Bertz CT molecular complexity index is 515. The molecule has 0 amide bonds. The minimum Gasteiger partial charge on any atom is -0.307 e. The molecule has 1 fully saturated rings. The first-order valence-electron chi connectivity index (χ1n) is 7.56. The molecule has 0 aliphatic heterocycles. The van der Waals surface area contributed by atoms with Crippen molar-refractivity contribution in [1.82, 2.24) is 5.32 Å². The molecule has 0 bridgehead atoms. The summed E-state index contributed by atoms with van der Waals surface area (Å²) in [6.07, 6.45) is 0.0713. The highest BCUT2D eigenvalue weighted by Crippen LogP contribution is 2.40. The quantitative estimate of drug-likeness (QED) is 0.806. The van der Waals surface area contributed by atoms with Gasteiger partial charge in [-0.05, 0) is 48.9 Å². The zero-order valence-electron chi connectivity index (χ0n) is 11.7. The summed E-state index contributed by atoms with van der Waals surface area (Å²) >= 11 is 5.98. The summed E-state index contributed by atoms with van der Waals surface area (Å²) < 4.78 is 39.5. The average molecular weight is 318 g/mol. The van der Waals surface area contributed by atoms with Crippen molar-refractivity contribution in [2.75, 3.05) is 0 Å². The van der Waals surface area contributed by atoms with E-state index in [4.69, 9.17) is 11.6 Å². The van der Waals surface area contributed by atoms with Crippen molar-refractivity contribution in [1.29, 1.82) is 0 Å². The van der Waals surface area contributed by atoms with Crippen LogP contribution in [0, 0.1) is 5.92 Å². The maximum atomic E-state index is 13.2. The molecule has 1 aromatic carbocycles. The van der Waals surface area contributed by atoms with Gasteiger partial charge < -0.3 is 5.32 Å². The summed E-state index contributed by atoms with van der Waals surface area (Å²) in [7, 11) is 0. The molecule has 2 aliphatic carbocycles. The Labute approximate surface area is 127 Å². The number of hydrogen-bond donors (Lipinski definition) is 1. The van der Waals surface area contributed by atoms with Crippen molar-refractivity contribution >= 4 is 11.6 Å². The minimum atomic E-state index is -4.10. The summed E-state index contributed by atoms with van der Waals surface area (Å²) in [5.74, 6) is -1.21. The molecule has 0 radical (unpaired) electrons. The first-order chi connectivity index (χ1) is 9.95. The molecule has 116 valence electrons. The molecular formula is C16H19ClF3N. The van der Waals surface area contributed by atoms with Crippen molar-refractivity contribution < 1.29 is 13.2 Å². The van der Waals surface area contributed by atoms with Gasteiger partial charge in [-0.15, -0.1) is 0 Å². The Balaban J connectivity index is 1.75. The van der Waals surface area contributed by atoms with Crippen LogP contribution in [0.3, 0.4) is 0 Å². The number of benzene rings is 1. The maximum Gasteiger partial charge on any atom is 0.393 e. The molecule has 5 heteroatoms. The van der Waals surface area contributed by atoms with E-state index < -0.39 is 18.1 Å². The lowest BCUT2D eigenvalue weighted by atomic mass is 9.83. The molecule has 21 heavy (non-hydrogen) atoms. The number of rotatable bonds is 2. The second kappa shape index (κ2) is 5.81. The van der Waals surface area contributed by atoms with Crippen LogP contribution >= 0.6 is 11.6 Å². The zero-order valence-corrected chi connectivity index (χ0v) is 12.5. The lowest BCUT2D eigenvalue weighted by Crippen LogP contribution is -2.46. The van der Waals surface area contributed by atoms with Crippen LogP contribution in [-0.2, 0) is 6.42 Å². The fourth-order valence-electron chi connectivity index (χ4n) is 3.74. The van der Waals surface area contributed by atoms with Gasteiger partial charge in [-0.2, -0.15) is 13.2 Å². The van der Waals surface area contributed by atoms with E-state index in [2.05, 4.69) is 5.32 Å². The summed E-state index contributed by atoms with van der Waals surface area (Å²) in [5, 5.41) is 3.98. The number of fused-ring (bicyclic) bond motifs is 1. The predicted octanol–water partition coefficient (Wildman–Crippen LogP) is 5.04. The van der Waals surface area contributed by atoms with Crippen LogP contribution in [0.25, 0.3) is 0 Å². The largest absolute Gasteiger partial charge is 0.393 e. The van der Waals surface area contributed by atoms with E-state index in [1.54, 1.807) is 0 Å². The first kappa shape index (κ1) is 15.2. The molecule has 0 spiro atoms. The van der Waals surface area contributed by atoms with Crippen molar-refractivity contribution in [2.45, 2.75) is 56.8 Å². The Morgan fingerprint density at radius 3 is 2.62 bits per heavy atom. The summed E-state index contributed by atoms with van der Waals surface area (Å²) in [6.45, 7) is 0. The summed E-state index contributed by atoms with van der Waals surface area (Å²) in [5.41, 5.74) is 2.28. The number of halogens is 4. The fraction of sp³-hybridized carbons (Fsp3) is 0.625. The lowest BCUT2D eigenvalue weighted by molar-refractivity contribution is -0.189. The van der Waals surface area contributed by atoms with Gasteiger partial charge in [0, 0.05) is 17.1 Å². The Hall–Kier alpha value is -0.740. The van der Waals surface area contributed by atoms with Gasteiger partial charge in [0.15, 0.2) is 0 Å². The van der Waals surface area contributed by atoms with Gasteiger partial charge in [0.25, 0.3) is 0 Å². The van der Waals surface area contributed by atoms with E-state index in [1.165, 1.54) is 5.56 Å². The highest BCUT2D eigenvalue weighted by atomic mass is 35.5. The van der Waals surface area contributed by atoms with Crippen LogP contribution in [0.15, 0.2) is 18.2 Å². The van der Waals surface area contributed by atoms with Gasteiger partial charge >= 0.3 is 6.18 Å². The summed E-state index contributed by atoms with van der Waals surface area (Å²) in [4.78, 5) is 0. The highest BCUT2D eigenvalue weighted by molar-refractivity contribution is 6.30. The van der Waals surface area contributed by atoms with Gasteiger partial charge in [0.05, 0.1) is 5.92 Å². The number of nitrogens with one attached hydrogen (secondary N) is 1. The minimum absolute atomic E-state index is 0.0326. The van der Waals surface area contributed by atoms with Gasteiger partial charge in [-0.3, -0.25) is 0 Å². The molecule has 3 atom stereocenters. The summed E-state index contributed by atoms with van der Waals surface area (Å²) in [6, 6.07) is 5.28. The molecular weight excluding hydrogens is 299 g/mol. The number of hydrogen-bond acceptors (Lipinski definition) is 1. The molecule has 2 aliphatic rings. The Morgan fingerprint density at radius 2 is 1.86 bits per heavy atom. The molecule has 3 rings (SSSR count). The maximum absolute atomic E-state index is 13.2.